The second kappa shape index (κ2) is 9.06. The SMILES string of the molecule is Cc1ccc(N2C(=O)C3CC=C4C(CC5(Cl)C(=O)N(C)C(=O)C5(Cl)C4c4c(O)ccc5ccccc45)C3C2=O)cc1Cl. The zero-order valence-corrected chi connectivity index (χ0v) is 24.9. The first-order chi connectivity index (χ1) is 19.9. The quantitative estimate of drug-likeness (QED) is 0.225. The predicted octanol–water partition coefficient (Wildman–Crippen LogP) is 5.70. The number of hydrogen-bond donors (Lipinski definition) is 1. The Kier molecular flexibility index (Phi) is 5.92. The summed E-state index contributed by atoms with van der Waals surface area (Å²) in [6.45, 7) is 1.83. The van der Waals surface area contributed by atoms with Gasteiger partial charge in [-0.1, -0.05) is 59.6 Å². The molecule has 2 aliphatic heterocycles. The average molecular weight is 624 g/mol. The number of aromatic hydroxyl groups is 1. The van der Waals surface area contributed by atoms with Gasteiger partial charge in [0.15, 0.2) is 9.75 Å². The van der Waals surface area contributed by atoms with Crippen LogP contribution in [0.2, 0.25) is 5.02 Å². The summed E-state index contributed by atoms with van der Waals surface area (Å²) < 4.78 is 0. The molecule has 0 aromatic heterocycles. The van der Waals surface area contributed by atoms with E-state index < -0.39 is 51.1 Å². The number of rotatable bonds is 2. The van der Waals surface area contributed by atoms with Crippen molar-refractivity contribution < 1.29 is 24.3 Å². The van der Waals surface area contributed by atoms with Gasteiger partial charge in [0.1, 0.15) is 5.75 Å². The monoisotopic (exact) mass is 622 g/mol. The molecule has 2 aliphatic carbocycles. The van der Waals surface area contributed by atoms with Crippen LogP contribution in [0.4, 0.5) is 5.69 Å². The van der Waals surface area contributed by atoms with E-state index in [4.69, 9.17) is 34.8 Å². The van der Waals surface area contributed by atoms with Crippen LogP contribution in [0.3, 0.4) is 0 Å². The number of halogens is 3. The Morgan fingerprint density at radius 2 is 1.67 bits per heavy atom. The van der Waals surface area contributed by atoms with Crippen LogP contribution in [0, 0.1) is 24.7 Å². The van der Waals surface area contributed by atoms with Crippen LogP contribution < -0.4 is 4.90 Å². The number of benzene rings is 3. The lowest BCUT2D eigenvalue weighted by molar-refractivity contribution is -0.138. The minimum atomic E-state index is -1.98. The van der Waals surface area contributed by atoms with Crippen molar-refractivity contribution in [2.24, 2.45) is 17.8 Å². The van der Waals surface area contributed by atoms with Crippen molar-refractivity contribution in [1.82, 2.24) is 4.90 Å². The van der Waals surface area contributed by atoms with Crippen molar-refractivity contribution in [3.8, 4) is 5.75 Å². The van der Waals surface area contributed by atoms with Gasteiger partial charge in [-0.2, -0.15) is 0 Å². The van der Waals surface area contributed by atoms with E-state index in [0.29, 0.717) is 27.2 Å². The summed E-state index contributed by atoms with van der Waals surface area (Å²) in [6.07, 6.45) is 1.95. The largest absolute Gasteiger partial charge is 0.508 e. The Hall–Kier alpha value is -3.39. The van der Waals surface area contributed by atoms with Gasteiger partial charge < -0.3 is 5.11 Å². The highest BCUT2D eigenvalue weighted by Gasteiger charge is 2.76. The van der Waals surface area contributed by atoms with Gasteiger partial charge in [-0.15, -0.1) is 23.2 Å². The maximum atomic E-state index is 14.2. The van der Waals surface area contributed by atoms with Gasteiger partial charge in [0.25, 0.3) is 11.8 Å². The highest BCUT2D eigenvalue weighted by Crippen LogP contribution is 2.66. The Morgan fingerprint density at radius 3 is 2.40 bits per heavy atom. The van der Waals surface area contributed by atoms with Crippen LogP contribution in [-0.4, -0.2) is 50.4 Å². The molecular formula is C32H25Cl3N2O5. The highest BCUT2D eigenvalue weighted by molar-refractivity contribution is 6.53. The van der Waals surface area contributed by atoms with Crippen LogP contribution in [0.25, 0.3) is 10.8 Å². The Labute approximate surface area is 256 Å². The summed E-state index contributed by atoms with van der Waals surface area (Å²) in [5.74, 6) is -5.51. The second-order valence-electron chi connectivity index (χ2n) is 11.7. The lowest BCUT2D eigenvalue weighted by atomic mass is 9.56. The van der Waals surface area contributed by atoms with E-state index in [-0.39, 0.29) is 24.5 Å². The molecule has 4 aliphatic rings. The molecule has 7 nitrogen and oxygen atoms in total. The van der Waals surface area contributed by atoms with Crippen molar-refractivity contribution in [2.75, 3.05) is 11.9 Å². The van der Waals surface area contributed by atoms with Crippen molar-refractivity contribution >= 4 is 74.9 Å². The molecule has 42 heavy (non-hydrogen) atoms. The highest BCUT2D eigenvalue weighted by atomic mass is 35.5. The summed E-state index contributed by atoms with van der Waals surface area (Å²) in [6, 6.07) is 15.7. The number of phenols is 1. The van der Waals surface area contributed by atoms with Crippen molar-refractivity contribution in [3.05, 3.63) is 82.4 Å². The molecule has 0 spiro atoms. The van der Waals surface area contributed by atoms with Crippen molar-refractivity contribution in [2.45, 2.75) is 35.4 Å². The molecule has 0 radical (unpaired) electrons. The van der Waals surface area contributed by atoms with E-state index in [1.807, 2.05) is 37.3 Å². The number of imide groups is 2. The number of allylic oxidation sites excluding steroid dienone is 2. The second-order valence-corrected chi connectivity index (χ2v) is 13.3. The van der Waals surface area contributed by atoms with Gasteiger partial charge in [0.2, 0.25) is 11.8 Å². The molecule has 6 atom stereocenters. The van der Waals surface area contributed by atoms with Gasteiger partial charge in [0.05, 0.1) is 17.5 Å². The van der Waals surface area contributed by atoms with E-state index in [2.05, 4.69) is 0 Å². The van der Waals surface area contributed by atoms with Gasteiger partial charge in [-0.05, 0) is 60.2 Å². The molecule has 3 aromatic carbocycles. The summed E-state index contributed by atoms with van der Waals surface area (Å²) in [5, 5.41) is 13.2. The minimum absolute atomic E-state index is 0.110. The number of hydrogen-bond acceptors (Lipinski definition) is 5. The fourth-order valence-corrected chi connectivity index (χ4v) is 8.80. The maximum absolute atomic E-state index is 14.2. The zero-order chi connectivity index (χ0) is 29.9. The summed E-state index contributed by atoms with van der Waals surface area (Å²) >= 11 is 20.9. The number of aryl methyl sites for hydroxylation is 1. The standard InChI is InChI=1S/C32H25Cl3N2O5/c1-15-7-9-17(13-22(15)33)37-27(39)20-11-10-19-21(24(20)28(37)40)14-31(34)29(41)36(2)30(42)32(31,35)26(19)25-18-6-4-3-5-16(18)8-12-23(25)38/h3-10,12-13,20-21,24,26,38H,11,14H2,1-2H3. The maximum Gasteiger partial charge on any atom is 0.253 e. The summed E-state index contributed by atoms with van der Waals surface area (Å²) in [7, 11) is 1.34. The Balaban J connectivity index is 1.44. The van der Waals surface area contributed by atoms with Crippen LogP contribution in [0.1, 0.15) is 29.9 Å². The molecule has 3 fully saturated rings. The smallest absolute Gasteiger partial charge is 0.253 e. The van der Waals surface area contributed by atoms with Crippen molar-refractivity contribution in [3.63, 3.8) is 0 Å². The van der Waals surface area contributed by atoms with E-state index in [9.17, 15) is 24.3 Å². The van der Waals surface area contributed by atoms with Gasteiger partial charge in [0, 0.05) is 23.6 Å². The number of fused-ring (bicyclic) bond motifs is 5. The van der Waals surface area contributed by atoms with Gasteiger partial charge >= 0.3 is 0 Å². The number of alkyl halides is 2. The molecule has 214 valence electrons. The molecule has 2 saturated heterocycles. The van der Waals surface area contributed by atoms with Crippen LogP contribution in [-0.2, 0) is 19.2 Å². The number of likely N-dealkylation sites (tertiary alicyclic amines) is 1. The molecule has 6 unspecified atom stereocenters. The Morgan fingerprint density at radius 1 is 0.929 bits per heavy atom. The fourth-order valence-electron chi connectivity index (χ4n) is 7.62. The molecule has 4 amide bonds. The zero-order valence-electron chi connectivity index (χ0n) is 22.6. The molecule has 7 rings (SSSR count). The van der Waals surface area contributed by atoms with Crippen LogP contribution in [0.5, 0.6) is 5.75 Å². The minimum Gasteiger partial charge on any atom is -0.508 e. The number of anilines is 1. The first-order valence-electron chi connectivity index (χ1n) is 13.7. The van der Waals surface area contributed by atoms with Crippen molar-refractivity contribution in [1.29, 1.82) is 0 Å². The fraction of sp³-hybridized carbons (Fsp3) is 0.312. The molecule has 3 aromatic rings. The third-order valence-corrected chi connectivity index (χ3v) is 11.5. The van der Waals surface area contributed by atoms with E-state index in [0.717, 1.165) is 15.8 Å². The van der Waals surface area contributed by atoms with Gasteiger partial charge in [-0.25, -0.2) is 4.90 Å². The number of carbonyl (C=O) groups excluding carboxylic acids is 4. The molecule has 2 heterocycles. The molecule has 1 N–H and O–H groups in total. The number of phenolic OH excluding ortho intramolecular Hbond substituents is 1. The number of carbonyl (C=O) groups is 4. The summed E-state index contributed by atoms with van der Waals surface area (Å²) in [4.78, 5) is 53.7. The first-order valence-corrected chi connectivity index (χ1v) is 14.8. The van der Waals surface area contributed by atoms with Crippen LogP contribution in [0.15, 0.2) is 66.2 Å². The van der Waals surface area contributed by atoms with Gasteiger partial charge in [-0.3, -0.25) is 24.1 Å². The lowest BCUT2D eigenvalue weighted by Gasteiger charge is -2.51. The third-order valence-electron chi connectivity index (χ3n) is 9.66. The molecule has 10 heteroatoms. The normalized spacial score (nSPS) is 32.3. The lowest BCUT2D eigenvalue weighted by Crippen LogP contribution is -2.60. The van der Waals surface area contributed by atoms with Crippen LogP contribution >= 0.6 is 34.8 Å². The Bertz CT molecular complexity index is 1810. The third kappa shape index (κ3) is 3.30. The molecule has 1 saturated carbocycles. The summed E-state index contributed by atoms with van der Waals surface area (Å²) in [5.41, 5.74) is 2.16. The predicted molar refractivity (Wildman–Crippen MR) is 160 cm³/mol. The topological polar surface area (TPSA) is 95.0 Å². The first kappa shape index (κ1) is 27.4. The molecule has 0 bridgehead atoms. The molecular weight excluding hydrogens is 599 g/mol. The van der Waals surface area contributed by atoms with E-state index in [1.54, 1.807) is 24.3 Å². The van der Waals surface area contributed by atoms with E-state index >= 15 is 0 Å². The number of amides is 4. The van der Waals surface area contributed by atoms with E-state index in [1.165, 1.54) is 18.0 Å². The number of nitrogens with zero attached hydrogens (tertiary/aromatic N) is 2. The average Bonchev–Trinajstić information content (AvgIpc) is 3.30.